The van der Waals surface area contributed by atoms with Gasteiger partial charge in [0.1, 0.15) is 0 Å². The van der Waals surface area contributed by atoms with E-state index in [4.69, 9.17) is 0 Å². The van der Waals surface area contributed by atoms with E-state index < -0.39 is 0 Å². The molecule has 0 heterocycles. The molecule has 0 nitrogen and oxygen atoms in total. The topological polar surface area (TPSA) is 0 Å². The second-order valence-corrected chi connectivity index (χ2v) is 3.59. The Balaban J connectivity index is 1.93. The van der Waals surface area contributed by atoms with Crippen LogP contribution in [-0.2, 0) is 0 Å². The number of hydrogen-bond donors (Lipinski definition) is 0. The summed E-state index contributed by atoms with van der Waals surface area (Å²) in [4.78, 5) is 0. The molecule has 7 heavy (non-hydrogen) atoms. The first kappa shape index (κ1) is 5.36. The molecule has 1 rings (SSSR count). The van der Waals surface area contributed by atoms with Crippen LogP contribution in [0.3, 0.4) is 0 Å². The van der Waals surface area contributed by atoms with Crippen LogP contribution in [0.25, 0.3) is 0 Å². The standard InChI is InChI=1S/C6H14Si/c7-5-4-6-2-1-3-6/h6H,1-5H2,7H3. The van der Waals surface area contributed by atoms with Gasteiger partial charge in [0.15, 0.2) is 0 Å². The van der Waals surface area contributed by atoms with Gasteiger partial charge in [-0.3, -0.25) is 0 Å². The minimum absolute atomic E-state index is 1.16. The van der Waals surface area contributed by atoms with E-state index in [0.717, 1.165) is 5.92 Å². The average Bonchev–Trinajstić information content (AvgIpc) is 1.55. The molecule has 0 aromatic rings. The monoisotopic (exact) mass is 114 g/mol. The van der Waals surface area contributed by atoms with Gasteiger partial charge >= 0.3 is 0 Å². The van der Waals surface area contributed by atoms with Crippen LogP contribution in [0.2, 0.25) is 6.04 Å². The van der Waals surface area contributed by atoms with Gasteiger partial charge in [-0.1, -0.05) is 31.7 Å². The minimum Gasteiger partial charge on any atom is -0.0656 e. The van der Waals surface area contributed by atoms with Gasteiger partial charge in [0, 0.05) is 10.2 Å². The molecule has 0 saturated heterocycles. The lowest BCUT2D eigenvalue weighted by Crippen LogP contribution is -2.09. The highest BCUT2D eigenvalue weighted by molar-refractivity contribution is 6.08. The Morgan fingerprint density at radius 2 is 2.14 bits per heavy atom. The van der Waals surface area contributed by atoms with Crippen molar-refractivity contribution < 1.29 is 0 Å². The molecule has 1 saturated carbocycles. The van der Waals surface area contributed by atoms with Crippen molar-refractivity contribution in [2.24, 2.45) is 5.92 Å². The Hall–Kier alpha value is 0.217. The summed E-state index contributed by atoms with van der Waals surface area (Å²) in [7, 11) is 1.43. The van der Waals surface area contributed by atoms with Crippen LogP contribution < -0.4 is 0 Å². The molecule has 1 aliphatic rings. The van der Waals surface area contributed by atoms with Crippen LogP contribution >= 0.6 is 0 Å². The zero-order valence-electron chi connectivity index (χ0n) is 5.11. The Morgan fingerprint density at radius 3 is 2.29 bits per heavy atom. The molecule has 0 aromatic carbocycles. The highest BCUT2D eigenvalue weighted by Gasteiger charge is 2.14. The fourth-order valence-corrected chi connectivity index (χ4v) is 2.01. The molecule has 1 heteroatoms. The number of hydrogen-bond acceptors (Lipinski definition) is 0. The van der Waals surface area contributed by atoms with E-state index in [0.29, 0.717) is 0 Å². The van der Waals surface area contributed by atoms with Crippen LogP contribution in [-0.4, -0.2) is 10.2 Å². The second-order valence-electron chi connectivity index (χ2n) is 2.59. The molecule has 0 aromatic heterocycles. The molecule has 42 valence electrons. The molecule has 0 radical (unpaired) electrons. The third kappa shape index (κ3) is 1.30. The fourth-order valence-electron chi connectivity index (χ4n) is 1.19. The molecule has 1 fully saturated rings. The first-order valence-electron chi connectivity index (χ1n) is 3.43. The van der Waals surface area contributed by atoms with Gasteiger partial charge in [0.2, 0.25) is 0 Å². The van der Waals surface area contributed by atoms with Crippen molar-refractivity contribution in [1.29, 1.82) is 0 Å². The summed E-state index contributed by atoms with van der Waals surface area (Å²) in [6, 6.07) is 1.53. The van der Waals surface area contributed by atoms with Gasteiger partial charge in [0.25, 0.3) is 0 Å². The summed E-state index contributed by atoms with van der Waals surface area (Å²) >= 11 is 0. The highest BCUT2D eigenvalue weighted by atomic mass is 28.1. The van der Waals surface area contributed by atoms with Crippen LogP contribution in [0.4, 0.5) is 0 Å². The molecular weight excluding hydrogens is 100 g/mol. The molecule has 0 unspecified atom stereocenters. The molecular formula is C6H14Si. The van der Waals surface area contributed by atoms with Crippen molar-refractivity contribution in [2.45, 2.75) is 31.7 Å². The average molecular weight is 114 g/mol. The van der Waals surface area contributed by atoms with Gasteiger partial charge in [-0.2, -0.15) is 0 Å². The van der Waals surface area contributed by atoms with Gasteiger partial charge in [0.05, 0.1) is 0 Å². The van der Waals surface area contributed by atoms with Crippen LogP contribution in [0.15, 0.2) is 0 Å². The smallest absolute Gasteiger partial charge is 0.00281 e. The lowest BCUT2D eigenvalue weighted by Gasteiger charge is -2.24. The second kappa shape index (κ2) is 2.51. The Labute approximate surface area is 48.7 Å². The molecule has 0 N–H and O–H groups in total. The lowest BCUT2D eigenvalue weighted by atomic mass is 9.84. The van der Waals surface area contributed by atoms with E-state index in [-0.39, 0.29) is 0 Å². The fraction of sp³-hybridized carbons (Fsp3) is 1.00. The normalized spacial score (nSPS) is 22.3. The first-order chi connectivity index (χ1) is 3.43. The minimum atomic E-state index is 1.16. The predicted octanol–water partition coefficient (Wildman–Crippen LogP) is 0.960. The Morgan fingerprint density at radius 1 is 1.43 bits per heavy atom. The quantitative estimate of drug-likeness (QED) is 0.469. The van der Waals surface area contributed by atoms with Crippen LogP contribution in [0.1, 0.15) is 25.7 Å². The van der Waals surface area contributed by atoms with Crippen molar-refractivity contribution in [1.82, 2.24) is 0 Å². The van der Waals surface area contributed by atoms with E-state index in [1.807, 2.05) is 0 Å². The summed E-state index contributed by atoms with van der Waals surface area (Å²) in [6.07, 6.45) is 6.16. The molecule has 0 aliphatic heterocycles. The van der Waals surface area contributed by atoms with E-state index in [2.05, 4.69) is 0 Å². The van der Waals surface area contributed by atoms with E-state index in [1.54, 1.807) is 19.3 Å². The lowest BCUT2D eigenvalue weighted by molar-refractivity contribution is 0.307. The SMILES string of the molecule is [SiH3]CCC1CCC1. The zero-order chi connectivity index (χ0) is 5.11. The van der Waals surface area contributed by atoms with E-state index in [9.17, 15) is 0 Å². The highest BCUT2D eigenvalue weighted by Crippen LogP contribution is 2.29. The summed E-state index contributed by atoms with van der Waals surface area (Å²) in [5.41, 5.74) is 0. The van der Waals surface area contributed by atoms with Crippen molar-refractivity contribution in [3.05, 3.63) is 0 Å². The Kier molecular flexibility index (Phi) is 1.92. The predicted molar refractivity (Wildman–Crippen MR) is 36.7 cm³/mol. The third-order valence-corrected chi connectivity index (χ3v) is 2.50. The summed E-state index contributed by atoms with van der Waals surface area (Å²) in [5, 5.41) is 0. The summed E-state index contributed by atoms with van der Waals surface area (Å²) in [5.74, 6) is 1.16. The maximum atomic E-state index is 1.55. The van der Waals surface area contributed by atoms with Crippen molar-refractivity contribution in [3.8, 4) is 0 Å². The van der Waals surface area contributed by atoms with Gasteiger partial charge in [-0.05, 0) is 5.92 Å². The van der Waals surface area contributed by atoms with Crippen molar-refractivity contribution >= 4 is 10.2 Å². The molecule has 1 aliphatic carbocycles. The maximum Gasteiger partial charge on any atom is 0.00281 e. The van der Waals surface area contributed by atoms with Gasteiger partial charge < -0.3 is 0 Å². The molecule has 0 atom stereocenters. The maximum absolute atomic E-state index is 1.55. The van der Waals surface area contributed by atoms with Crippen molar-refractivity contribution in [2.75, 3.05) is 0 Å². The third-order valence-electron chi connectivity index (χ3n) is 1.92. The molecule has 0 spiro atoms. The molecule has 0 bridgehead atoms. The summed E-state index contributed by atoms with van der Waals surface area (Å²) in [6.45, 7) is 0. The Bertz CT molecular complexity index is 48.1. The van der Waals surface area contributed by atoms with Gasteiger partial charge in [-0.25, -0.2) is 0 Å². The zero-order valence-corrected chi connectivity index (χ0v) is 7.11. The van der Waals surface area contributed by atoms with Gasteiger partial charge in [-0.15, -0.1) is 0 Å². The number of rotatable bonds is 2. The largest absolute Gasteiger partial charge is 0.0656 e. The van der Waals surface area contributed by atoms with E-state index in [1.165, 1.54) is 22.7 Å². The van der Waals surface area contributed by atoms with E-state index >= 15 is 0 Å². The van der Waals surface area contributed by atoms with Crippen LogP contribution in [0.5, 0.6) is 0 Å². The van der Waals surface area contributed by atoms with Crippen LogP contribution in [0, 0.1) is 5.92 Å². The van der Waals surface area contributed by atoms with Crippen molar-refractivity contribution in [3.63, 3.8) is 0 Å². The molecule has 0 amide bonds. The summed E-state index contributed by atoms with van der Waals surface area (Å²) < 4.78 is 0. The first-order valence-corrected chi connectivity index (χ1v) is 4.85.